The Morgan fingerprint density at radius 3 is 2.34 bits per heavy atom. The summed E-state index contributed by atoms with van der Waals surface area (Å²) in [5.41, 5.74) is 10.0. The maximum absolute atomic E-state index is 12.3. The molecular formula is C22H23N3O4. The molecule has 2 rings (SSSR count). The van der Waals surface area contributed by atoms with Crippen LogP contribution in [0, 0.1) is 11.8 Å². The number of hydrogen-bond acceptors (Lipinski definition) is 5. The standard InChI is InChI=1S/C22H23N3O4/c1-15(23)20(22(28)25-29)24-21(27)19-12-10-17(11-13-19)5-3-2-4-16-6-8-18(14-26)9-7-16/h3,5-13,15,20,26,29H,14,23H2,1H3,(H,24,27)(H,25,28)/b5-3+/t15-,20+/m1/s1. The second-order valence-corrected chi connectivity index (χ2v) is 6.37. The molecule has 6 N–H and O–H groups in total. The number of amides is 2. The summed E-state index contributed by atoms with van der Waals surface area (Å²) in [6, 6.07) is 12.3. The molecule has 0 saturated carbocycles. The van der Waals surface area contributed by atoms with Crippen molar-refractivity contribution in [2.45, 2.75) is 25.6 Å². The number of nitrogens with one attached hydrogen (secondary N) is 2. The summed E-state index contributed by atoms with van der Waals surface area (Å²) in [6.07, 6.45) is 3.51. The molecule has 7 nitrogen and oxygen atoms in total. The third-order valence-electron chi connectivity index (χ3n) is 4.09. The predicted molar refractivity (Wildman–Crippen MR) is 110 cm³/mol. The van der Waals surface area contributed by atoms with Crippen molar-refractivity contribution in [3.8, 4) is 11.8 Å². The minimum atomic E-state index is -1.05. The van der Waals surface area contributed by atoms with Crippen molar-refractivity contribution in [1.29, 1.82) is 0 Å². The summed E-state index contributed by atoms with van der Waals surface area (Å²) < 4.78 is 0. The van der Waals surface area contributed by atoms with Crippen LogP contribution in [-0.2, 0) is 11.4 Å². The summed E-state index contributed by atoms with van der Waals surface area (Å²) in [5, 5.41) is 20.2. The van der Waals surface area contributed by atoms with Crippen molar-refractivity contribution in [2.24, 2.45) is 5.73 Å². The fraction of sp³-hybridized carbons (Fsp3) is 0.182. The van der Waals surface area contributed by atoms with Gasteiger partial charge in [-0.1, -0.05) is 36.1 Å². The number of rotatable bonds is 6. The highest BCUT2D eigenvalue weighted by Gasteiger charge is 2.24. The normalized spacial score (nSPS) is 12.6. The molecule has 2 atom stereocenters. The summed E-state index contributed by atoms with van der Waals surface area (Å²) >= 11 is 0. The molecule has 29 heavy (non-hydrogen) atoms. The number of nitrogens with two attached hydrogens (primary N) is 1. The summed E-state index contributed by atoms with van der Waals surface area (Å²) in [4.78, 5) is 23.8. The largest absolute Gasteiger partial charge is 0.392 e. The van der Waals surface area contributed by atoms with Gasteiger partial charge in [0.15, 0.2) is 0 Å². The maximum atomic E-state index is 12.3. The minimum absolute atomic E-state index is 0.00215. The third kappa shape index (κ3) is 6.59. The van der Waals surface area contributed by atoms with E-state index in [-0.39, 0.29) is 6.61 Å². The highest BCUT2D eigenvalue weighted by atomic mass is 16.5. The molecule has 0 aliphatic heterocycles. The average Bonchev–Trinajstić information content (AvgIpc) is 2.75. The Bertz CT molecular complexity index is 923. The van der Waals surface area contributed by atoms with E-state index >= 15 is 0 Å². The Morgan fingerprint density at radius 1 is 1.14 bits per heavy atom. The van der Waals surface area contributed by atoms with Crippen molar-refractivity contribution in [1.82, 2.24) is 10.8 Å². The molecule has 0 aliphatic carbocycles. The van der Waals surface area contributed by atoms with Crippen LogP contribution in [0.15, 0.2) is 54.6 Å². The minimum Gasteiger partial charge on any atom is -0.392 e. The predicted octanol–water partition coefficient (Wildman–Crippen LogP) is 1.19. The Balaban J connectivity index is 1.99. The van der Waals surface area contributed by atoms with Gasteiger partial charge in [0, 0.05) is 17.2 Å². The molecule has 0 aromatic heterocycles. The van der Waals surface area contributed by atoms with Crippen LogP contribution in [0.4, 0.5) is 0 Å². The number of aliphatic hydroxyl groups is 1. The van der Waals surface area contributed by atoms with Gasteiger partial charge in [-0.2, -0.15) is 0 Å². The van der Waals surface area contributed by atoms with Gasteiger partial charge in [0.05, 0.1) is 6.61 Å². The third-order valence-corrected chi connectivity index (χ3v) is 4.09. The molecule has 150 valence electrons. The van der Waals surface area contributed by atoms with Crippen molar-refractivity contribution in [3.63, 3.8) is 0 Å². The van der Waals surface area contributed by atoms with Gasteiger partial charge in [0.2, 0.25) is 0 Å². The van der Waals surface area contributed by atoms with E-state index in [4.69, 9.17) is 16.0 Å². The van der Waals surface area contributed by atoms with Crippen molar-refractivity contribution in [2.75, 3.05) is 0 Å². The average molecular weight is 393 g/mol. The summed E-state index contributed by atoms with van der Waals surface area (Å²) in [6.45, 7) is 1.55. The molecule has 0 heterocycles. The van der Waals surface area contributed by atoms with Crippen LogP contribution in [-0.4, -0.2) is 34.2 Å². The van der Waals surface area contributed by atoms with E-state index in [9.17, 15) is 9.59 Å². The number of benzene rings is 2. The molecule has 2 aromatic carbocycles. The molecular weight excluding hydrogens is 370 g/mol. The number of carbonyl (C=O) groups is 2. The molecule has 0 saturated heterocycles. The monoisotopic (exact) mass is 393 g/mol. The van der Waals surface area contributed by atoms with Crippen molar-refractivity contribution < 1.29 is 19.9 Å². The van der Waals surface area contributed by atoms with E-state index in [2.05, 4.69) is 17.2 Å². The summed E-state index contributed by atoms with van der Waals surface area (Å²) in [7, 11) is 0. The van der Waals surface area contributed by atoms with Crippen LogP contribution in [0.3, 0.4) is 0 Å². The van der Waals surface area contributed by atoms with E-state index in [1.807, 2.05) is 24.3 Å². The van der Waals surface area contributed by atoms with Crippen LogP contribution in [0.2, 0.25) is 0 Å². The fourth-order valence-electron chi connectivity index (χ4n) is 2.43. The first kappa shape index (κ1) is 21.9. The maximum Gasteiger partial charge on any atom is 0.267 e. The molecule has 2 amide bonds. The lowest BCUT2D eigenvalue weighted by Crippen LogP contribution is -2.54. The van der Waals surface area contributed by atoms with Gasteiger partial charge in [0.1, 0.15) is 6.04 Å². The molecule has 2 aromatic rings. The molecule has 7 heteroatoms. The van der Waals surface area contributed by atoms with Crippen LogP contribution in [0.5, 0.6) is 0 Å². The fourth-order valence-corrected chi connectivity index (χ4v) is 2.43. The second kappa shape index (κ2) is 10.8. The van der Waals surface area contributed by atoms with Crippen LogP contribution in [0.25, 0.3) is 6.08 Å². The number of hydrogen-bond donors (Lipinski definition) is 5. The Morgan fingerprint density at radius 2 is 1.79 bits per heavy atom. The highest BCUT2D eigenvalue weighted by molar-refractivity contribution is 5.97. The second-order valence-electron chi connectivity index (χ2n) is 6.37. The van der Waals surface area contributed by atoms with Crippen LogP contribution >= 0.6 is 0 Å². The van der Waals surface area contributed by atoms with Gasteiger partial charge in [-0.3, -0.25) is 14.8 Å². The van der Waals surface area contributed by atoms with Gasteiger partial charge >= 0.3 is 0 Å². The van der Waals surface area contributed by atoms with Crippen LogP contribution < -0.4 is 16.5 Å². The number of aliphatic hydroxyl groups excluding tert-OH is 1. The van der Waals surface area contributed by atoms with E-state index in [1.54, 1.807) is 43.3 Å². The topological polar surface area (TPSA) is 125 Å². The molecule has 0 bridgehead atoms. The van der Waals surface area contributed by atoms with Crippen LogP contribution in [0.1, 0.15) is 34.0 Å². The van der Waals surface area contributed by atoms with E-state index < -0.39 is 23.9 Å². The van der Waals surface area contributed by atoms with E-state index in [0.29, 0.717) is 5.56 Å². The first-order valence-electron chi connectivity index (χ1n) is 8.93. The molecule has 0 spiro atoms. The lowest BCUT2D eigenvalue weighted by atomic mass is 10.1. The lowest BCUT2D eigenvalue weighted by Gasteiger charge is -2.20. The smallest absolute Gasteiger partial charge is 0.267 e. The zero-order chi connectivity index (χ0) is 21.2. The lowest BCUT2D eigenvalue weighted by molar-refractivity contribution is -0.131. The number of hydroxylamine groups is 1. The van der Waals surface area contributed by atoms with E-state index in [1.165, 1.54) is 5.48 Å². The molecule has 0 aliphatic rings. The van der Waals surface area contributed by atoms with Gasteiger partial charge < -0.3 is 16.2 Å². The van der Waals surface area contributed by atoms with Crippen molar-refractivity contribution in [3.05, 3.63) is 76.9 Å². The first-order valence-corrected chi connectivity index (χ1v) is 8.93. The Labute approximate surface area is 169 Å². The SMILES string of the molecule is C[C@@H](N)[C@H](NC(=O)c1ccc(/C=C/C#Cc2ccc(CO)cc2)cc1)C(=O)NO. The quantitative estimate of drug-likeness (QED) is 0.286. The Kier molecular flexibility index (Phi) is 8.12. The van der Waals surface area contributed by atoms with Gasteiger partial charge in [-0.15, -0.1) is 0 Å². The van der Waals surface area contributed by atoms with Crippen molar-refractivity contribution >= 4 is 17.9 Å². The number of carbonyl (C=O) groups excluding carboxylic acids is 2. The molecule has 0 radical (unpaired) electrons. The van der Waals surface area contributed by atoms with E-state index in [0.717, 1.165) is 16.7 Å². The highest BCUT2D eigenvalue weighted by Crippen LogP contribution is 2.07. The van der Waals surface area contributed by atoms with Gasteiger partial charge in [0.25, 0.3) is 11.8 Å². The summed E-state index contributed by atoms with van der Waals surface area (Å²) in [5.74, 6) is 4.66. The van der Waals surface area contributed by atoms with Gasteiger partial charge in [-0.05, 0) is 54.5 Å². The zero-order valence-electron chi connectivity index (χ0n) is 15.9. The zero-order valence-corrected chi connectivity index (χ0v) is 15.9. The number of allylic oxidation sites excluding steroid dienone is 1. The first-order chi connectivity index (χ1) is 13.9. The van der Waals surface area contributed by atoms with Gasteiger partial charge in [-0.25, -0.2) is 5.48 Å². The Hall–Kier alpha value is -3.44. The molecule has 0 fully saturated rings. The molecule has 0 unspecified atom stereocenters.